The molecule has 0 bridgehead atoms. The van der Waals surface area contributed by atoms with Crippen LogP contribution in [0.5, 0.6) is 0 Å². The van der Waals surface area contributed by atoms with Gasteiger partial charge < -0.3 is 0 Å². The van der Waals surface area contributed by atoms with Crippen LogP contribution in [0.15, 0.2) is 24.3 Å². The largest absolute Gasteiger partial charge is 0.299 e. The van der Waals surface area contributed by atoms with Gasteiger partial charge in [0.25, 0.3) is 0 Å². The molecule has 0 aromatic heterocycles. The van der Waals surface area contributed by atoms with Gasteiger partial charge in [-0.15, -0.1) is 0 Å². The van der Waals surface area contributed by atoms with Gasteiger partial charge in [-0.1, -0.05) is 13.2 Å². The van der Waals surface area contributed by atoms with Crippen LogP contribution in [0.25, 0.3) is 0 Å². The molecule has 16 heavy (non-hydrogen) atoms. The molecule has 4 heteroatoms. The average Bonchev–Trinajstić information content (AvgIpc) is 2.56. The summed E-state index contributed by atoms with van der Waals surface area (Å²) in [4.78, 5) is 23.4. The van der Waals surface area contributed by atoms with Gasteiger partial charge in [-0.25, -0.2) is 0 Å². The first kappa shape index (κ1) is 12.6. The van der Waals surface area contributed by atoms with Crippen molar-refractivity contribution in [1.29, 1.82) is 0 Å². The molecule has 1 rings (SSSR count). The first-order valence-corrected chi connectivity index (χ1v) is 5.37. The normalized spacial score (nSPS) is 18.6. The van der Waals surface area contributed by atoms with E-state index in [0.717, 1.165) is 30.7 Å². The third-order valence-corrected chi connectivity index (χ3v) is 2.92. The number of carbonyl (C=O) groups is 2. The lowest BCUT2D eigenvalue weighted by Crippen LogP contribution is -2.32. The maximum Gasteiger partial charge on any atom is 0.226 e. The number of nitrogens with one attached hydrogen (secondary N) is 1. The number of amides is 2. The fraction of sp³-hybridized carbons (Fsp3) is 0.500. The molecule has 88 valence electrons. The van der Waals surface area contributed by atoms with Crippen LogP contribution in [0.2, 0.25) is 0 Å². The van der Waals surface area contributed by atoms with Gasteiger partial charge in [0.2, 0.25) is 12.3 Å². The van der Waals surface area contributed by atoms with Crippen LogP contribution in [0.4, 0.5) is 0 Å². The number of hydrogen-bond acceptors (Lipinski definition) is 3. The monoisotopic (exact) mass is 222 g/mol. The summed E-state index contributed by atoms with van der Waals surface area (Å²) >= 11 is 0. The molecule has 1 N–H and O–H groups in total. The molecule has 1 saturated heterocycles. The quantitative estimate of drug-likeness (QED) is 0.702. The molecule has 1 aliphatic heterocycles. The Bertz CT molecular complexity index is 307. The van der Waals surface area contributed by atoms with E-state index in [1.165, 1.54) is 0 Å². The van der Waals surface area contributed by atoms with Crippen molar-refractivity contribution < 1.29 is 9.59 Å². The van der Waals surface area contributed by atoms with E-state index in [9.17, 15) is 9.59 Å². The molecule has 4 nitrogen and oxygen atoms in total. The number of likely N-dealkylation sites (tertiary alicyclic amines) is 1. The van der Waals surface area contributed by atoms with Crippen molar-refractivity contribution in [3.05, 3.63) is 24.3 Å². The van der Waals surface area contributed by atoms with E-state index in [0.29, 0.717) is 18.9 Å². The van der Waals surface area contributed by atoms with Crippen LogP contribution < -0.4 is 5.32 Å². The molecule has 1 fully saturated rings. The fourth-order valence-electron chi connectivity index (χ4n) is 1.74. The highest BCUT2D eigenvalue weighted by Crippen LogP contribution is 2.21. The number of imide groups is 1. The highest BCUT2D eigenvalue weighted by molar-refractivity contribution is 5.85. The minimum Gasteiger partial charge on any atom is -0.299 e. The van der Waals surface area contributed by atoms with Crippen molar-refractivity contribution in [1.82, 2.24) is 10.2 Å². The van der Waals surface area contributed by atoms with Crippen LogP contribution in [0, 0.1) is 0 Å². The van der Waals surface area contributed by atoms with Crippen LogP contribution in [0.3, 0.4) is 0 Å². The minimum absolute atomic E-state index is 0.223. The van der Waals surface area contributed by atoms with Gasteiger partial charge in [0.15, 0.2) is 0 Å². The van der Waals surface area contributed by atoms with Crippen LogP contribution in [-0.2, 0) is 9.59 Å². The summed E-state index contributed by atoms with van der Waals surface area (Å²) in [5.41, 5.74) is 2.15. The lowest BCUT2D eigenvalue weighted by Gasteiger charge is -2.22. The van der Waals surface area contributed by atoms with E-state index in [2.05, 4.69) is 30.3 Å². The zero-order valence-electron chi connectivity index (χ0n) is 9.66. The molecule has 1 unspecified atom stereocenters. The highest BCUT2D eigenvalue weighted by atomic mass is 16.2. The Morgan fingerprint density at radius 1 is 1.50 bits per heavy atom. The van der Waals surface area contributed by atoms with E-state index in [-0.39, 0.29) is 5.91 Å². The smallest absolute Gasteiger partial charge is 0.226 e. The zero-order chi connectivity index (χ0) is 12.1. The lowest BCUT2D eigenvalue weighted by molar-refractivity contribution is -0.125. The van der Waals surface area contributed by atoms with E-state index in [1.807, 2.05) is 0 Å². The summed E-state index contributed by atoms with van der Waals surface area (Å²) < 4.78 is 0. The second-order valence-corrected chi connectivity index (χ2v) is 4.19. The lowest BCUT2D eigenvalue weighted by atomic mass is 10.1. The molecule has 1 aliphatic rings. The second-order valence-electron chi connectivity index (χ2n) is 4.19. The van der Waals surface area contributed by atoms with Gasteiger partial charge in [0.05, 0.1) is 0 Å². The highest BCUT2D eigenvalue weighted by Gasteiger charge is 2.23. The first-order chi connectivity index (χ1) is 7.54. The zero-order valence-corrected chi connectivity index (χ0v) is 9.66. The number of rotatable bonds is 5. The second kappa shape index (κ2) is 5.61. The molecule has 0 aliphatic carbocycles. The van der Waals surface area contributed by atoms with Crippen molar-refractivity contribution in [2.24, 2.45) is 0 Å². The molecule has 1 atom stereocenters. The average molecular weight is 222 g/mol. The van der Waals surface area contributed by atoms with Gasteiger partial charge in [-0.3, -0.25) is 19.8 Å². The van der Waals surface area contributed by atoms with E-state index < -0.39 is 0 Å². The van der Waals surface area contributed by atoms with Gasteiger partial charge in [-0.2, -0.15) is 0 Å². The number of hydrogen-bond donors (Lipinski definition) is 1. The standard InChI is InChI=1S/C12H18N2O2/c1-9-6-14(7-10(9)2)11(3)4-5-12(16)13-8-15/h8,11H,1-2,4-7H2,3H3,(H,13,15,16). The molecule has 0 radical (unpaired) electrons. The first-order valence-electron chi connectivity index (χ1n) is 5.37. The summed E-state index contributed by atoms with van der Waals surface area (Å²) in [5.74, 6) is -0.223. The van der Waals surface area contributed by atoms with E-state index >= 15 is 0 Å². The van der Waals surface area contributed by atoms with Gasteiger partial charge >= 0.3 is 0 Å². The SMILES string of the molecule is C=C1CN(C(C)CCC(=O)NC=O)CC1=C. The minimum atomic E-state index is -0.223. The van der Waals surface area contributed by atoms with Crippen LogP contribution in [0.1, 0.15) is 19.8 Å². The Kier molecular flexibility index (Phi) is 4.43. The van der Waals surface area contributed by atoms with Crippen LogP contribution >= 0.6 is 0 Å². The summed E-state index contributed by atoms with van der Waals surface area (Å²) in [6, 6.07) is 0.299. The van der Waals surface area contributed by atoms with E-state index in [1.54, 1.807) is 0 Å². The van der Waals surface area contributed by atoms with Gasteiger partial charge in [-0.05, 0) is 24.5 Å². The number of carbonyl (C=O) groups excluding carboxylic acids is 2. The maximum atomic E-state index is 11.1. The van der Waals surface area contributed by atoms with Crippen molar-refractivity contribution in [2.75, 3.05) is 13.1 Å². The summed E-state index contributed by atoms with van der Waals surface area (Å²) in [6.07, 6.45) is 1.53. The van der Waals surface area contributed by atoms with Crippen molar-refractivity contribution in [3.63, 3.8) is 0 Å². The Morgan fingerprint density at radius 2 is 2.06 bits per heavy atom. The van der Waals surface area contributed by atoms with Crippen molar-refractivity contribution >= 4 is 12.3 Å². The fourth-order valence-corrected chi connectivity index (χ4v) is 1.74. The molecule has 2 amide bonds. The Hall–Kier alpha value is -1.42. The van der Waals surface area contributed by atoms with Crippen molar-refractivity contribution in [3.8, 4) is 0 Å². The summed E-state index contributed by atoms with van der Waals surface area (Å²) in [7, 11) is 0. The molecule has 0 saturated carbocycles. The summed E-state index contributed by atoms with van der Waals surface area (Å²) in [6.45, 7) is 11.6. The number of nitrogens with zero attached hydrogens (tertiary/aromatic N) is 1. The molecule has 0 aromatic carbocycles. The summed E-state index contributed by atoms with van der Waals surface area (Å²) in [5, 5.41) is 2.14. The Labute approximate surface area is 96.0 Å². The molecule has 0 aromatic rings. The van der Waals surface area contributed by atoms with Crippen molar-refractivity contribution in [2.45, 2.75) is 25.8 Å². The van der Waals surface area contributed by atoms with Gasteiger partial charge in [0.1, 0.15) is 0 Å². The molecule has 1 heterocycles. The predicted octanol–water partition coefficient (Wildman–Crippen LogP) is 0.856. The predicted molar refractivity (Wildman–Crippen MR) is 62.8 cm³/mol. The van der Waals surface area contributed by atoms with Crippen LogP contribution in [-0.4, -0.2) is 36.3 Å². The third-order valence-electron chi connectivity index (χ3n) is 2.92. The van der Waals surface area contributed by atoms with Gasteiger partial charge in [0, 0.05) is 25.6 Å². The maximum absolute atomic E-state index is 11.1. The molecule has 0 spiro atoms. The third kappa shape index (κ3) is 3.31. The van der Waals surface area contributed by atoms with E-state index in [4.69, 9.17) is 0 Å². The topological polar surface area (TPSA) is 49.4 Å². The Morgan fingerprint density at radius 3 is 2.56 bits per heavy atom. The molecular weight excluding hydrogens is 204 g/mol. The molecular formula is C12H18N2O2. The Balaban J connectivity index is 2.33.